The summed E-state index contributed by atoms with van der Waals surface area (Å²) in [4.78, 5) is 25.6. The summed E-state index contributed by atoms with van der Waals surface area (Å²) in [6.45, 7) is 0. The van der Waals surface area contributed by atoms with Crippen LogP contribution in [0.3, 0.4) is 0 Å². The van der Waals surface area contributed by atoms with Crippen molar-refractivity contribution in [1.29, 1.82) is 0 Å². The van der Waals surface area contributed by atoms with Crippen molar-refractivity contribution in [3.63, 3.8) is 0 Å². The fraction of sp³-hybridized carbons (Fsp3) is 0.0435. The molecule has 0 aliphatic carbocycles. The van der Waals surface area contributed by atoms with E-state index in [1.165, 1.54) is 0 Å². The van der Waals surface area contributed by atoms with E-state index < -0.39 is 5.91 Å². The van der Waals surface area contributed by atoms with Gasteiger partial charge in [-0.15, -0.1) is 0 Å². The van der Waals surface area contributed by atoms with Crippen molar-refractivity contribution in [3.8, 4) is 5.75 Å². The van der Waals surface area contributed by atoms with E-state index in [9.17, 15) is 9.59 Å². The second-order valence-corrected chi connectivity index (χ2v) is 6.31. The van der Waals surface area contributed by atoms with Gasteiger partial charge in [-0.05, 0) is 48.5 Å². The molecular weight excluding hydrogens is 368 g/mol. The van der Waals surface area contributed by atoms with Gasteiger partial charge in [-0.2, -0.15) is 0 Å². The molecular formula is C23H18N2O4. The number of amides is 2. The van der Waals surface area contributed by atoms with Gasteiger partial charge in [0.15, 0.2) is 0 Å². The average Bonchev–Trinajstić information content (AvgIpc) is 3.13. The lowest BCUT2D eigenvalue weighted by molar-refractivity contribution is 0.0999. The fourth-order valence-corrected chi connectivity index (χ4v) is 2.97. The van der Waals surface area contributed by atoms with Crippen LogP contribution in [0.15, 0.2) is 83.3 Å². The average molecular weight is 386 g/mol. The number of methoxy groups -OCH3 is 1. The molecule has 0 saturated carbocycles. The lowest BCUT2D eigenvalue weighted by Gasteiger charge is -2.08. The molecule has 6 heteroatoms. The van der Waals surface area contributed by atoms with Gasteiger partial charge in [0.2, 0.25) is 5.76 Å². The van der Waals surface area contributed by atoms with Crippen LogP contribution < -0.4 is 15.4 Å². The summed E-state index contributed by atoms with van der Waals surface area (Å²) in [6.07, 6.45) is 0. The van der Waals surface area contributed by atoms with Crippen LogP contribution in [0.1, 0.15) is 20.9 Å². The predicted octanol–water partition coefficient (Wildman–Crippen LogP) is 4.95. The Morgan fingerprint density at radius 3 is 2.21 bits per heavy atom. The van der Waals surface area contributed by atoms with Crippen molar-refractivity contribution in [2.75, 3.05) is 17.7 Å². The molecule has 6 nitrogen and oxygen atoms in total. The molecule has 0 atom stereocenters. The minimum atomic E-state index is -0.447. The second kappa shape index (κ2) is 7.90. The van der Waals surface area contributed by atoms with E-state index in [1.54, 1.807) is 61.7 Å². The van der Waals surface area contributed by atoms with E-state index >= 15 is 0 Å². The van der Waals surface area contributed by atoms with E-state index in [2.05, 4.69) is 10.6 Å². The van der Waals surface area contributed by atoms with E-state index in [4.69, 9.17) is 9.15 Å². The molecule has 1 aromatic heterocycles. The molecule has 0 spiro atoms. The third-order valence-corrected chi connectivity index (χ3v) is 4.42. The first-order valence-corrected chi connectivity index (χ1v) is 8.99. The van der Waals surface area contributed by atoms with Crippen molar-refractivity contribution < 1.29 is 18.7 Å². The van der Waals surface area contributed by atoms with Crippen LogP contribution in [0.2, 0.25) is 0 Å². The number of para-hydroxylation sites is 2. The van der Waals surface area contributed by atoms with Crippen LogP contribution in [0.5, 0.6) is 5.75 Å². The molecule has 2 amide bonds. The Kier molecular flexibility index (Phi) is 4.99. The van der Waals surface area contributed by atoms with Crippen LogP contribution in [-0.2, 0) is 0 Å². The highest BCUT2D eigenvalue weighted by molar-refractivity contribution is 6.16. The highest BCUT2D eigenvalue weighted by Crippen LogP contribution is 2.32. The molecule has 0 saturated heterocycles. The third kappa shape index (κ3) is 3.82. The van der Waals surface area contributed by atoms with Gasteiger partial charge in [-0.1, -0.05) is 30.3 Å². The summed E-state index contributed by atoms with van der Waals surface area (Å²) >= 11 is 0. The van der Waals surface area contributed by atoms with Crippen LogP contribution in [-0.4, -0.2) is 18.9 Å². The molecule has 1 heterocycles. The van der Waals surface area contributed by atoms with Crippen LogP contribution in [0.25, 0.3) is 11.0 Å². The zero-order valence-corrected chi connectivity index (χ0v) is 15.6. The quantitative estimate of drug-likeness (QED) is 0.509. The molecule has 0 radical (unpaired) electrons. The normalized spacial score (nSPS) is 10.5. The van der Waals surface area contributed by atoms with E-state index in [1.807, 2.05) is 24.3 Å². The maximum Gasteiger partial charge on any atom is 0.293 e. The highest BCUT2D eigenvalue weighted by atomic mass is 16.5. The number of hydrogen-bond donors (Lipinski definition) is 2. The first kappa shape index (κ1) is 18.3. The Bertz CT molecular complexity index is 1160. The van der Waals surface area contributed by atoms with Crippen LogP contribution >= 0.6 is 0 Å². The Hall–Kier alpha value is -4.06. The number of carbonyl (C=O) groups excluding carboxylic acids is 2. The summed E-state index contributed by atoms with van der Waals surface area (Å²) in [5, 5.41) is 6.25. The molecule has 4 aromatic rings. The van der Waals surface area contributed by atoms with Crippen molar-refractivity contribution in [3.05, 3.63) is 90.2 Å². The molecule has 3 aromatic carbocycles. The van der Waals surface area contributed by atoms with E-state index in [-0.39, 0.29) is 11.7 Å². The minimum absolute atomic E-state index is 0.0388. The number of fused-ring (bicyclic) bond motifs is 1. The van der Waals surface area contributed by atoms with Crippen LogP contribution in [0, 0.1) is 0 Å². The zero-order chi connectivity index (χ0) is 20.2. The molecule has 4 rings (SSSR count). The summed E-state index contributed by atoms with van der Waals surface area (Å²) < 4.78 is 10.9. The molecule has 0 fully saturated rings. The number of anilines is 2. The zero-order valence-electron chi connectivity index (χ0n) is 15.6. The number of ether oxygens (including phenoxy) is 1. The van der Waals surface area contributed by atoms with Gasteiger partial charge in [0.25, 0.3) is 11.8 Å². The summed E-state index contributed by atoms with van der Waals surface area (Å²) in [6, 6.07) is 22.9. The smallest absolute Gasteiger partial charge is 0.293 e. The molecule has 0 aliphatic heterocycles. The van der Waals surface area contributed by atoms with E-state index in [0.717, 1.165) is 0 Å². The Morgan fingerprint density at radius 2 is 1.48 bits per heavy atom. The van der Waals surface area contributed by atoms with Gasteiger partial charge < -0.3 is 19.8 Å². The fourth-order valence-electron chi connectivity index (χ4n) is 2.97. The van der Waals surface area contributed by atoms with Gasteiger partial charge in [0.1, 0.15) is 17.0 Å². The van der Waals surface area contributed by atoms with Gasteiger partial charge in [-0.25, -0.2) is 0 Å². The Labute approximate surface area is 167 Å². The minimum Gasteiger partial charge on any atom is -0.497 e. The maximum atomic E-state index is 12.8. The molecule has 2 N–H and O–H groups in total. The lowest BCUT2D eigenvalue weighted by atomic mass is 10.1. The topological polar surface area (TPSA) is 80.6 Å². The molecule has 144 valence electrons. The number of furan rings is 1. The molecule has 0 aliphatic rings. The van der Waals surface area contributed by atoms with Crippen molar-refractivity contribution in [1.82, 2.24) is 0 Å². The number of carbonyl (C=O) groups is 2. The lowest BCUT2D eigenvalue weighted by Crippen LogP contribution is -2.17. The monoisotopic (exact) mass is 386 g/mol. The highest BCUT2D eigenvalue weighted by Gasteiger charge is 2.22. The van der Waals surface area contributed by atoms with Crippen LogP contribution in [0.4, 0.5) is 11.4 Å². The number of benzene rings is 3. The Balaban J connectivity index is 1.67. The molecule has 0 unspecified atom stereocenters. The number of rotatable bonds is 5. The second-order valence-electron chi connectivity index (χ2n) is 6.31. The summed E-state index contributed by atoms with van der Waals surface area (Å²) in [7, 11) is 1.56. The van der Waals surface area contributed by atoms with Crippen molar-refractivity contribution >= 4 is 34.2 Å². The standard InChI is InChI=1S/C23H18N2O4/c1-28-17-13-11-15(12-14-17)22(26)25-20-18-9-5-6-10-19(18)29-21(20)23(27)24-16-7-3-2-4-8-16/h2-14H,1H3,(H,24,27)(H,25,26). The molecule has 29 heavy (non-hydrogen) atoms. The van der Waals surface area contributed by atoms with Gasteiger partial charge in [0, 0.05) is 16.6 Å². The summed E-state index contributed by atoms with van der Waals surface area (Å²) in [5.41, 5.74) is 1.90. The third-order valence-electron chi connectivity index (χ3n) is 4.42. The van der Waals surface area contributed by atoms with Crippen molar-refractivity contribution in [2.24, 2.45) is 0 Å². The van der Waals surface area contributed by atoms with Gasteiger partial charge in [0.05, 0.1) is 7.11 Å². The molecule has 0 bridgehead atoms. The Morgan fingerprint density at radius 1 is 0.793 bits per heavy atom. The number of nitrogens with one attached hydrogen (secondary N) is 2. The van der Waals surface area contributed by atoms with Crippen molar-refractivity contribution in [2.45, 2.75) is 0 Å². The largest absolute Gasteiger partial charge is 0.497 e. The number of hydrogen-bond acceptors (Lipinski definition) is 4. The van der Waals surface area contributed by atoms with E-state index in [0.29, 0.717) is 33.7 Å². The summed E-state index contributed by atoms with van der Waals surface area (Å²) in [5.74, 6) is -0.111. The SMILES string of the molecule is COc1ccc(C(=O)Nc2c(C(=O)Nc3ccccc3)oc3ccccc23)cc1. The predicted molar refractivity (Wildman–Crippen MR) is 112 cm³/mol. The first-order chi connectivity index (χ1) is 14.2. The van der Waals surface area contributed by atoms with Gasteiger partial charge >= 0.3 is 0 Å². The maximum absolute atomic E-state index is 12.8. The van der Waals surface area contributed by atoms with Gasteiger partial charge in [-0.3, -0.25) is 9.59 Å². The first-order valence-electron chi connectivity index (χ1n) is 8.99.